The minimum Gasteiger partial charge on any atom is -0.368 e. The highest BCUT2D eigenvalue weighted by molar-refractivity contribution is 5.99. The van der Waals surface area contributed by atoms with Crippen LogP contribution < -0.4 is 37.6 Å². The van der Waals surface area contributed by atoms with E-state index in [0.717, 1.165) is 33.0 Å². The van der Waals surface area contributed by atoms with Gasteiger partial charge >= 0.3 is 0 Å². The molecular weight excluding hydrogens is 885 g/mol. The monoisotopic (exact) mass is 948 g/mol. The Morgan fingerprint density at radius 3 is 2.32 bits per heavy atom. The second kappa shape index (κ2) is 24.1. The van der Waals surface area contributed by atoms with E-state index in [1.807, 2.05) is 73.7 Å². The number of primary amides is 1. The number of benzene rings is 3. The van der Waals surface area contributed by atoms with E-state index in [0.29, 0.717) is 36.8 Å². The third-order valence-corrected chi connectivity index (χ3v) is 12.7. The fourth-order valence-electron chi connectivity index (χ4n) is 9.01. The summed E-state index contributed by atoms with van der Waals surface area (Å²) in [7, 11) is 1.40. The number of nitrogens with zero attached hydrogens (tertiary/aromatic N) is 2. The molecule has 0 saturated carbocycles. The molecule has 0 aliphatic carbocycles. The maximum absolute atomic E-state index is 14.5. The van der Waals surface area contributed by atoms with Crippen LogP contribution in [0.3, 0.4) is 0 Å². The number of para-hydroxylation sites is 1. The molecule has 9 N–H and O–H groups in total. The topological polar surface area (TPSA) is 274 Å². The number of hydrogen-bond donors (Lipinski definition) is 8. The van der Waals surface area contributed by atoms with Crippen molar-refractivity contribution in [1.29, 1.82) is 0 Å². The predicted molar refractivity (Wildman–Crippen MR) is 258 cm³/mol. The highest BCUT2D eigenvalue weighted by Crippen LogP contribution is 2.23. The zero-order chi connectivity index (χ0) is 49.6. The number of nitrogens with two attached hydrogens (primary N) is 1. The second-order valence-electron chi connectivity index (χ2n) is 18.0. The van der Waals surface area contributed by atoms with Gasteiger partial charge in [-0.15, -0.1) is 0 Å². The molecule has 0 unspecified atom stereocenters. The van der Waals surface area contributed by atoms with Crippen LogP contribution in [0.25, 0.3) is 21.7 Å². The molecule has 6 rings (SSSR count). The van der Waals surface area contributed by atoms with Gasteiger partial charge in [-0.1, -0.05) is 80.4 Å². The minimum atomic E-state index is -1.43. The standard InChI is InChI=1S/C50H64N10O9/c1-4-5-16-38(54-30(2)61)46(65)57-41-27-43(62)52-22-11-10-18-37(45(51)64)56-47(66)39(26-34-28-53-36-17-9-8-15-35(34)36)55-44(63)29-59(3)49(68)40(58-48(67)42-19-12-23-60(42)50(41)69)25-31-20-21-32-13-6-7-14-33(32)24-31/h6-9,13-15,17,20-21,24,28,37-42,53H,4-5,10-12,16,18-19,22-23,25-27,29H2,1-3H3,(H2,51,64)(H,52,62)(H,54,61)(H,55,63)(H,56,66)(H,57,65)(H,58,67)/t37-,38-,39-,40+,41-,42-/m0/s1. The molecule has 3 heterocycles. The quantitative estimate of drug-likeness (QED) is 0.108. The Kier molecular flexibility index (Phi) is 17.9. The number of aromatic amines is 1. The molecule has 2 aliphatic heterocycles. The lowest BCUT2D eigenvalue weighted by atomic mass is 10.00. The number of rotatable bonds is 11. The number of amides is 9. The van der Waals surface area contributed by atoms with E-state index in [-0.39, 0.29) is 45.2 Å². The normalized spacial score (nSPS) is 22.2. The molecule has 0 radical (unpaired) electrons. The molecule has 3 aromatic carbocycles. The number of aromatic nitrogens is 1. The molecule has 2 fully saturated rings. The molecule has 2 saturated heterocycles. The van der Waals surface area contributed by atoms with E-state index >= 15 is 0 Å². The summed E-state index contributed by atoms with van der Waals surface area (Å²) in [5.41, 5.74) is 7.98. The highest BCUT2D eigenvalue weighted by Gasteiger charge is 2.41. The van der Waals surface area contributed by atoms with E-state index in [1.165, 1.54) is 18.9 Å². The zero-order valence-corrected chi connectivity index (χ0v) is 39.4. The van der Waals surface area contributed by atoms with E-state index in [9.17, 15) is 43.2 Å². The molecule has 1 aromatic heterocycles. The van der Waals surface area contributed by atoms with Crippen LogP contribution in [0.15, 0.2) is 72.9 Å². The van der Waals surface area contributed by atoms with Crippen molar-refractivity contribution in [2.75, 3.05) is 26.7 Å². The van der Waals surface area contributed by atoms with Crippen molar-refractivity contribution in [2.24, 2.45) is 5.73 Å². The van der Waals surface area contributed by atoms with Crippen molar-refractivity contribution in [2.45, 2.75) is 121 Å². The third kappa shape index (κ3) is 13.9. The molecular formula is C50H64N10O9. The van der Waals surface area contributed by atoms with Gasteiger partial charge in [0.05, 0.1) is 13.0 Å². The third-order valence-electron chi connectivity index (χ3n) is 12.7. The lowest BCUT2D eigenvalue weighted by Gasteiger charge is -2.31. The fraction of sp³-hybridized carbons (Fsp3) is 0.460. The molecule has 368 valence electrons. The summed E-state index contributed by atoms with van der Waals surface area (Å²) in [4.78, 5) is 129. The first kappa shape index (κ1) is 51.1. The van der Waals surface area contributed by atoms with Crippen molar-refractivity contribution < 1.29 is 43.2 Å². The molecule has 6 atom stereocenters. The first-order valence-corrected chi connectivity index (χ1v) is 23.7. The van der Waals surface area contributed by atoms with Crippen molar-refractivity contribution in [3.05, 3.63) is 84.1 Å². The SMILES string of the molecule is CCCC[C@H](NC(C)=O)C(=O)N[C@H]1CC(=O)NCCCC[C@@H](C(N)=O)NC(=O)[C@H](Cc2c[nH]c3ccccc23)NC(=O)CN(C)C(=O)[C@@H](Cc2ccc3ccccc3c2)NC(=O)[C@@H]2CCCN2C1=O. The number of H-pyrrole nitrogens is 1. The molecule has 2 aliphatic rings. The van der Waals surface area contributed by atoms with Gasteiger partial charge in [-0.2, -0.15) is 0 Å². The highest BCUT2D eigenvalue weighted by atomic mass is 16.2. The van der Waals surface area contributed by atoms with Gasteiger partial charge in [0, 0.05) is 57.0 Å². The molecule has 4 aromatic rings. The van der Waals surface area contributed by atoms with Crippen LogP contribution >= 0.6 is 0 Å². The number of fused-ring (bicyclic) bond motifs is 3. The summed E-state index contributed by atoms with van der Waals surface area (Å²) >= 11 is 0. The average Bonchev–Trinajstić information content (AvgIpc) is 3.98. The lowest BCUT2D eigenvalue weighted by Crippen LogP contribution is -2.59. The molecule has 9 amide bonds. The number of unbranched alkanes of at least 4 members (excludes halogenated alkanes) is 1. The maximum Gasteiger partial charge on any atom is 0.246 e. The van der Waals surface area contributed by atoms with Crippen molar-refractivity contribution in [1.82, 2.24) is 46.7 Å². The second-order valence-corrected chi connectivity index (χ2v) is 18.0. The Hall–Kier alpha value is -7.31. The van der Waals surface area contributed by atoms with Crippen LogP contribution in [0, 0.1) is 0 Å². The summed E-state index contributed by atoms with van der Waals surface area (Å²) in [6.07, 6.45) is 4.23. The van der Waals surface area contributed by atoms with Crippen LogP contribution in [0.1, 0.15) is 82.8 Å². The predicted octanol–water partition coefficient (Wildman–Crippen LogP) is 1.37. The summed E-state index contributed by atoms with van der Waals surface area (Å²) in [5, 5.41) is 19.1. The van der Waals surface area contributed by atoms with E-state index in [2.05, 4.69) is 36.9 Å². The van der Waals surface area contributed by atoms with E-state index < -0.39 is 102 Å². The fourth-order valence-corrected chi connectivity index (χ4v) is 9.01. The van der Waals surface area contributed by atoms with E-state index in [1.54, 1.807) is 6.20 Å². The molecule has 19 nitrogen and oxygen atoms in total. The van der Waals surface area contributed by atoms with Crippen LogP contribution in [0.2, 0.25) is 0 Å². The lowest BCUT2D eigenvalue weighted by molar-refractivity contribution is -0.144. The number of hydrogen-bond acceptors (Lipinski definition) is 9. The molecule has 69 heavy (non-hydrogen) atoms. The number of carbonyl (C=O) groups excluding carboxylic acids is 9. The first-order valence-electron chi connectivity index (χ1n) is 23.7. The Bertz CT molecular complexity index is 2540. The van der Waals surface area contributed by atoms with Gasteiger partial charge in [-0.3, -0.25) is 43.2 Å². The number of nitrogens with one attached hydrogen (secondary N) is 7. The smallest absolute Gasteiger partial charge is 0.246 e. The van der Waals surface area contributed by atoms with Gasteiger partial charge in [0.25, 0.3) is 0 Å². The maximum atomic E-state index is 14.5. The van der Waals surface area contributed by atoms with E-state index in [4.69, 9.17) is 5.73 Å². The Balaban J connectivity index is 1.32. The molecule has 0 bridgehead atoms. The van der Waals surface area contributed by atoms with Gasteiger partial charge in [0.15, 0.2) is 0 Å². The Labute approximate surface area is 400 Å². The first-order chi connectivity index (χ1) is 33.1. The van der Waals surface area contributed by atoms with Crippen molar-refractivity contribution >= 4 is 74.8 Å². The average molecular weight is 949 g/mol. The summed E-state index contributed by atoms with van der Waals surface area (Å²) in [6.45, 7) is 2.90. The van der Waals surface area contributed by atoms with Crippen molar-refractivity contribution in [3.8, 4) is 0 Å². The molecule has 19 heteroatoms. The van der Waals surface area contributed by atoms with Gasteiger partial charge in [-0.25, -0.2) is 0 Å². The van der Waals surface area contributed by atoms with Crippen LogP contribution in [-0.2, 0) is 56.0 Å². The van der Waals surface area contributed by atoms with Crippen LogP contribution in [0.5, 0.6) is 0 Å². The van der Waals surface area contributed by atoms with Gasteiger partial charge in [0.2, 0.25) is 53.2 Å². The summed E-state index contributed by atoms with van der Waals surface area (Å²) in [6, 6.07) is 13.6. The largest absolute Gasteiger partial charge is 0.368 e. The van der Waals surface area contributed by atoms with Gasteiger partial charge < -0.3 is 52.4 Å². The summed E-state index contributed by atoms with van der Waals surface area (Å²) < 4.78 is 0. The summed E-state index contributed by atoms with van der Waals surface area (Å²) in [5.74, 6) is -5.87. The molecule has 0 spiro atoms. The zero-order valence-electron chi connectivity index (χ0n) is 39.4. The Morgan fingerprint density at radius 2 is 1.57 bits per heavy atom. The number of likely N-dealkylation sites (N-methyl/N-ethyl adjacent to an activating group) is 1. The Morgan fingerprint density at radius 1 is 0.812 bits per heavy atom. The van der Waals surface area contributed by atoms with Crippen LogP contribution in [0.4, 0.5) is 0 Å². The minimum absolute atomic E-state index is 0.00326. The van der Waals surface area contributed by atoms with Gasteiger partial charge in [0.1, 0.15) is 36.3 Å². The van der Waals surface area contributed by atoms with Gasteiger partial charge in [-0.05, 0) is 66.5 Å². The van der Waals surface area contributed by atoms with Crippen LogP contribution in [-0.4, -0.2) is 131 Å². The van der Waals surface area contributed by atoms with Crippen molar-refractivity contribution in [3.63, 3.8) is 0 Å². The number of carbonyl (C=O) groups is 9.